The van der Waals surface area contributed by atoms with E-state index in [2.05, 4.69) is 55.7 Å². The SMILES string of the molecule is CC(C)(C)OC(=O)N1CCN(Cc2nc3c(-n4c(CN5CCOCC5)nc5ccccc54)cccc3[nH]2)CC1. The highest BCUT2D eigenvalue weighted by molar-refractivity contribution is 5.88. The summed E-state index contributed by atoms with van der Waals surface area (Å²) in [6.07, 6.45) is -0.240. The lowest BCUT2D eigenvalue weighted by molar-refractivity contribution is 0.0137. The van der Waals surface area contributed by atoms with Crippen LogP contribution in [-0.4, -0.2) is 98.4 Å². The molecule has 2 aromatic carbocycles. The predicted molar refractivity (Wildman–Crippen MR) is 150 cm³/mol. The Morgan fingerprint density at radius 3 is 2.44 bits per heavy atom. The molecule has 1 N–H and O–H groups in total. The molecule has 39 heavy (non-hydrogen) atoms. The summed E-state index contributed by atoms with van der Waals surface area (Å²) >= 11 is 0. The van der Waals surface area contributed by atoms with Crippen LogP contribution < -0.4 is 0 Å². The third-order valence-electron chi connectivity index (χ3n) is 7.28. The largest absolute Gasteiger partial charge is 0.444 e. The quantitative estimate of drug-likeness (QED) is 0.419. The van der Waals surface area contributed by atoms with Gasteiger partial charge in [0.05, 0.1) is 48.5 Å². The molecular formula is C29H37N7O3. The van der Waals surface area contributed by atoms with Crippen LogP contribution in [0.3, 0.4) is 0 Å². The van der Waals surface area contributed by atoms with Gasteiger partial charge in [0.25, 0.3) is 0 Å². The first-order valence-electron chi connectivity index (χ1n) is 13.8. The fraction of sp³-hybridized carbons (Fsp3) is 0.483. The van der Waals surface area contributed by atoms with Gasteiger partial charge in [-0.2, -0.15) is 0 Å². The Bertz CT molecular complexity index is 1460. The normalized spacial score (nSPS) is 17.8. The molecule has 2 fully saturated rings. The van der Waals surface area contributed by atoms with E-state index in [0.29, 0.717) is 19.6 Å². The van der Waals surface area contributed by atoms with E-state index in [0.717, 1.165) is 85.3 Å². The first kappa shape index (κ1) is 25.8. The lowest BCUT2D eigenvalue weighted by Gasteiger charge is -2.35. The highest BCUT2D eigenvalue weighted by Crippen LogP contribution is 2.28. The topological polar surface area (TPSA) is 91.8 Å². The number of nitrogens with one attached hydrogen (secondary N) is 1. The maximum Gasteiger partial charge on any atom is 0.410 e. The fourth-order valence-corrected chi connectivity index (χ4v) is 5.36. The number of imidazole rings is 2. The third-order valence-corrected chi connectivity index (χ3v) is 7.28. The Labute approximate surface area is 228 Å². The van der Waals surface area contributed by atoms with E-state index < -0.39 is 5.60 Å². The van der Waals surface area contributed by atoms with E-state index in [1.165, 1.54) is 0 Å². The number of fused-ring (bicyclic) bond motifs is 2. The molecule has 0 unspecified atom stereocenters. The highest BCUT2D eigenvalue weighted by Gasteiger charge is 2.26. The molecule has 2 aromatic heterocycles. The summed E-state index contributed by atoms with van der Waals surface area (Å²) in [6, 6.07) is 14.6. The van der Waals surface area contributed by atoms with Crippen molar-refractivity contribution in [2.24, 2.45) is 0 Å². The number of aromatic amines is 1. The van der Waals surface area contributed by atoms with E-state index in [1.807, 2.05) is 26.8 Å². The van der Waals surface area contributed by atoms with E-state index in [4.69, 9.17) is 19.4 Å². The Morgan fingerprint density at radius 2 is 1.67 bits per heavy atom. The van der Waals surface area contributed by atoms with Crippen LogP contribution in [0.5, 0.6) is 0 Å². The van der Waals surface area contributed by atoms with Crippen LogP contribution in [0.1, 0.15) is 32.4 Å². The molecule has 0 atom stereocenters. The van der Waals surface area contributed by atoms with E-state index in [9.17, 15) is 4.79 Å². The Hall–Kier alpha value is -3.47. The molecule has 2 aliphatic heterocycles. The second kappa shape index (κ2) is 10.6. The summed E-state index contributed by atoms with van der Waals surface area (Å²) in [4.78, 5) is 32.6. The van der Waals surface area contributed by atoms with Gasteiger partial charge in [-0.15, -0.1) is 0 Å². The average molecular weight is 532 g/mol. The van der Waals surface area contributed by atoms with Gasteiger partial charge in [0.2, 0.25) is 0 Å². The molecule has 6 rings (SSSR count). The zero-order chi connectivity index (χ0) is 27.0. The number of hydrogen-bond acceptors (Lipinski definition) is 7. The van der Waals surface area contributed by atoms with Crippen LogP contribution in [-0.2, 0) is 22.6 Å². The van der Waals surface area contributed by atoms with Crippen molar-refractivity contribution >= 4 is 28.2 Å². The minimum absolute atomic E-state index is 0.240. The summed E-state index contributed by atoms with van der Waals surface area (Å²) in [6.45, 7) is 13.3. The Balaban J connectivity index is 1.24. The van der Waals surface area contributed by atoms with Crippen LogP contribution in [0.2, 0.25) is 0 Å². The number of carbonyl (C=O) groups is 1. The molecule has 0 bridgehead atoms. The summed E-state index contributed by atoms with van der Waals surface area (Å²) in [5, 5.41) is 0. The second-order valence-corrected chi connectivity index (χ2v) is 11.3. The zero-order valence-corrected chi connectivity index (χ0v) is 23.0. The van der Waals surface area contributed by atoms with Crippen molar-refractivity contribution in [3.63, 3.8) is 0 Å². The van der Waals surface area contributed by atoms with E-state index in [1.54, 1.807) is 4.90 Å². The summed E-state index contributed by atoms with van der Waals surface area (Å²) in [5.74, 6) is 1.93. The smallest absolute Gasteiger partial charge is 0.410 e. The van der Waals surface area contributed by atoms with Crippen molar-refractivity contribution in [1.82, 2.24) is 34.2 Å². The minimum atomic E-state index is -0.483. The molecule has 10 heteroatoms. The number of nitrogens with zero attached hydrogens (tertiary/aromatic N) is 6. The average Bonchev–Trinajstić information content (AvgIpc) is 3.49. The van der Waals surface area contributed by atoms with Gasteiger partial charge >= 0.3 is 6.09 Å². The van der Waals surface area contributed by atoms with Crippen LogP contribution >= 0.6 is 0 Å². The fourth-order valence-electron chi connectivity index (χ4n) is 5.36. The number of carbonyl (C=O) groups excluding carboxylic acids is 1. The van der Waals surface area contributed by atoms with Crippen molar-refractivity contribution in [3.8, 4) is 5.69 Å². The number of benzene rings is 2. The number of hydrogen-bond donors (Lipinski definition) is 1. The number of piperazine rings is 1. The van der Waals surface area contributed by atoms with Gasteiger partial charge < -0.3 is 19.4 Å². The zero-order valence-electron chi connectivity index (χ0n) is 23.0. The van der Waals surface area contributed by atoms with Crippen molar-refractivity contribution in [2.75, 3.05) is 52.5 Å². The number of morpholine rings is 1. The molecule has 1 amide bonds. The Kier molecular flexibility index (Phi) is 7.01. The lowest BCUT2D eigenvalue weighted by Crippen LogP contribution is -2.49. The minimum Gasteiger partial charge on any atom is -0.444 e. The number of H-pyrrole nitrogens is 1. The summed E-state index contributed by atoms with van der Waals surface area (Å²) < 4.78 is 13.4. The predicted octanol–water partition coefficient (Wildman–Crippen LogP) is 3.79. The number of rotatable bonds is 5. The molecular weight excluding hydrogens is 494 g/mol. The maximum atomic E-state index is 12.4. The molecule has 4 aromatic rings. The lowest BCUT2D eigenvalue weighted by atomic mass is 10.2. The highest BCUT2D eigenvalue weighted by atomic mass is 16.6. The van der Waals surface area contributed by atoms with E-state index in [-0.39, 0.29) is 6.09 Å². The van der Waals surface area contributed by atoms with Crippen LogP contribution in [0, 0.1) is 0 Å². The first-order valence-corrected chi connectivity index (χ1v) is 13.8. The van der Waals surface area contributed by atoms with Crippen molar-refractivity contribution < 1.29 is 14.3 Å². The molecule has 2 aliphatic rings. The monoisotopic (exact) mass is 531 g/mol. The van der Waals surface area contributed by atoms with Crippen molar-refractivity contribution in [2.45, 2.75) is 39.5 Å². The van der Waals surface area contributed by atoms with Crippen LogP contribution in [0.15, 0.2) is 42.5 Å². The second-order valence-electron chi connectivity index (χ2n) is 11.3. The molecule has 0 saturated carbocycles. The molecule has 2 saturated heterocycles. The van der Waals surface area contributed by atoms with Gasteiger partial charge in [0.1, 0.15) is 22.8 Å². The number of amides is 1. The summed E-state index contributed by atoms with van der Waals surface area (Å²) in [7, 11) is 0. The molecule has 4 heterocycles. The molecule has 206 valence electrons. The standard InChI is InChI=1S/C29H37N7O3/c1-29(2,3)39-28(37)35-13-11-33(12-14-35)19-25-30-22-8-6-10-24(27(22)32-25)36-23-9-5-4-7-21(23)31-26(36)20-34-15-17-38-18-16-34/h4-10H,11-20H2,1-3H3,(H,30,32). The number of para-hydroxylation sites is 3. The van der Waals surface area contributed by atoms with Gasteiger partial charge in [0.15, 0.2) is 0 Å². The Morgan fingerprint density at radius 1 is 0.923 bits per heavy atom. The number of ether oxygens (including phenoxy) is 2. The van der Waals surface area contributed by atoms with E-state index >= 15 is 0 Å². The molecule has 0 aliphatic carbocycles. The first-order chi connectivity index (χ1) is 18.8. The van der Waals surface area contributed by atoms with Gasteiger partial charge in [-0.25, -0.2) is 14.8 Å². The van der Waals surface area contributed by atoms with Gasteiger partial charge in [0, 0.05) is 39.3 Å². The van der Waals surface area contributed by atoms with Crippen molar-refractivity contribution in [3.05, 3.63) is 54.1 Å². The molecule has 0 radical (unpaired) electrons. The van der Waals surface area contributed by atoms with Crippen molar-refractivity contribution in [1.29, 1.82) is 0 Å². The summed E-state index contributed by atoms with van der Waals surface area (Å²) in [5.41, 5.74) is 4.55. The molecule has 0 spiro atoms. The van der Waals surface area contributed by atoms with Crippen LogP contribution in [0.25, 0.3) is 27.8 Å². The number of aromatic nitrogens is 4. The third kappa shape index (κ3) is 5.63. The molecule has 10 nitrogen and oxygen atoms in total. The van der Waals surface area contributed by atoms with Gasteiger partial charge in [-0.05, 0) is 45.0 Å². The van der Waals surface area contributed by atoms with Crippen LogP contribution in [0.4, 0.5) is 4.79 Å². The van der Waals surface area contributed by atoms with Gasteiger partial charge in [-0.3, -0.25) is 14.4 Å². The van der Waals surface area contributed by atoms with Gasteiger partial charge in [-0.1, -0.05) is 18.2 Å². The maximum absolute atomic E-state index is 12.4.